The highest BCUT2D eigenvalue weighted by Crippen LogP contribution is 2.31. The summed E-state index contributed by atoms with van der Waals surface area (Å²) < 4.78 is 10.7. The Labute approximate surface area is 163 Å². The Morgan fingerprint density at radius 1 is 1.39 bits per heavy atom. The normalized spacial score (nSPS) is 12.0. The molecule has 0 aliphatic carbocycles. The lowest BCUT2D eigenvalue weighted by Gasteiger charge is -2.13. The second-order valence-electron chi connectivity index (χ2n) is 5.89. The number of para-hydroxylation sites is 2. The lowest BCUT2D eigenvalue weighted by molar-refractivity contribution is -0.386. The van der Waals surface area contributed by atoms with Crippen LogP contribution in [0.1, 0.15) is 41.0 Å². The van der Waals surface area contributed by atoms with E-state index in [0.29, 0.717) is 20.7 Å². The highest BCUT2D eigenvalue weighted by atomic mass is 32.1. The number of nitrogens with one attached hydrogen (secondary N) is 1. The number of carbonyl (C=O) groups excluding carboxylic acids is 1. The third kappa shape index (κ3) is 3.58. The molecule has 0 saturated carbocycles. The lowest BCUT2D eigenvalue weighted by atomic mass is 10.2. The summed E-state index contributed by atoms with van der Waals surface area (Å²) >= 11 is 1.06. The average Bonchev–Trinajstić information content (AvgIpc) is 2.99. The molecule has 10 heteroatoms. The minimum Gasteiger partial charge on any atom is -0.476 e. The minimum absolute atomic E-state index is 0.0670. The minimum atomic E-state index is -0.758. The molecule has 0 aliphatic rings. The number of carbonyl (C=O) groups is 1. The fraction of sp³-hybridized carbons (Fsp3) is 0.278. The summed E-state index contributed by atoms with van der Waals surface area (Å²) in [7, 11) is 0. The molecule has 0 spiro atoms. The molecule has 0 fully saturated rings. The van der Waals surface area contributed by atoms with Crippen LogP contribution in [0.15, 0.2) is 29.1 Å². The summed E-state index contributed by atoms with van der Waals surface area (Å²) in [4.78, 5) is 42.9. The van der Waals surface area contributed by atoms with Crippen molar-refractivity contribution >= 4 is 33.2 Å². The van der Waals surface area contributed by atoms with Crippen LogP contribution in [0.2, 0.25) is 0 Å². The van der Waals surface area contributed by atoms with Crippen LogP contribution >= 0.6 is 11.3 Å². The molecule has 0 unspecified atom stereocenters. The average molecular weight is 403 g/mol. The lowest BCUT2D eigenvalue weighted by Crippen LogP contribution is -2.16. The molecule has 0 saturated heterocycles. The summed E-state index contributed by atoms with van der Waals surface area (Å²) in [6.07, 6.45) is -0.758. The number of hydrogen-bond acceptors (Lipinski definition) is 8. The van der Waals surface area contributed by atoms with Gasteiger partial charge in [0.05, 0.1) is 16.9 Å². The molecule has 9 nitrogen and oxygen atoms in total. The van der Waals surface area contributed by atoms with Crippen LogP contribution in [-0.2, 0) is 4.74 Å². The summed E-state index contributed by atoms with van der Waals surface area (Å²) in [6.45, 7) is 5.20. The number of ether oxygens (including phenoxy) is 2. The van der Waals surface area contributed by atoms with E-state index in [1.807, 2.05) is 0 Å². The zero-order chi connectivity index (χ0) is 20.4. The molecule has 0 radical (unpaired) electrons. The number of thiophene rings is 1. The first-order chi connectivity index (χ1) is 13.3. The van der Waals surface area contributed by atoms with Gasteiger partial charge in [0, 0.05) is 6.07 Å². The number of esters is 1. The predicted molar refractivity (Wildman–Crippen MR) is 103 cm³/mol. The number of rotatable bonds is 6. The molecule has 3 aromatic rings. The molecule has 2 heterocycles. The summed E-state index contributed by atoms with van der Waals surface area (Å²) in [6, 6.07) is 5.95. The summed E-state index contributed by atoms with van der Waals surface area (Å²) in [5.41, 5.74) is -0.0948. The van der Waals surface area contributed by atoms with E-state index in [0.717, 1.165) is 11.3 Å². The fourth-order valence-electron chi connectivity index (χ4n) is 2.70. The third-order valence-electron chi connectivity index (χ3n) is 4.03. The molecular weight excluding hydrogens is 386 g/mol. The van der Waals surface area contributed by atoms with Gasteiger partial charge in [0.1, 0.15) is 9.71 Å². The van der Waals surface area contributed by atoms with Crippen LogP contribution in [0, 0.1) is 17.0 Å². The topological polar surface area (TPSA) is 124 Å². The van der Waals surface area contributed by atoms with Crippen molar-refractivity contribution in [2.75, 3.05) is 6.61 Å². The molecule has 1 N–H and O–H groups in total. The van der Waals surface area contributed by atoms with Gasteiger partial charge < -0.3 is 14.5 Å². The van der Waals surface area contributed by atoms with Crippen molar-refractivity contribution in [2.24, 2.45) is 0 Å². The van der Waals surface area contributed by atoms with Crippen molar-refractivity contribution in [1.82, 2.24) is 9.97 Å². The number of aromatic amines is 1. The first kappa shape index (κ1) is 19.5. The molecule has 1 atom stereocenters. The molecule has 28 heavy (non-hydrogen) atoms. The predicted octanol–water partition coefficient (Wildman–Crippen LogP) is 3.52. The van der Waals surface area contributed by atoms with Crippen LogP contribution < -0.4 is 10.3 Å². The van der Waals surface area contributed by atoms with E-state index in [-0.39, 0.29) is 23.9 Å². The summed E-state index contributed by atoms with van der Waals surface area (Å²) in [5.74, 6) is -0.238. The maximum absolute atomic E-state index is 12.5. The van der Waals surface area contributed by atoms with Gasteiger partial charge in [-0.1, -0.05) is 12.1 Å². The van der Waals surface area contributed by atoms with Crippen molar-refractivity contribution < 1.29 is 19.2 Å². The van der Waals surface area contributed by atoms with Gasteiger partial charge in [0.2, 0.25) is 0 Å². The van der Waals surface area contributed by atoms with Crippen LogP contribution in [0.25, 0.3) is 10.2 Å². The summed E-state index contributed by atoms with van der Waals surface area (Å²) in [5, 5.41) is 11.5. The number of nitrogens with zero attached hydrogens (tertiary/aromatic N) is 2. The Kier molecular flexibility index (Phi) is 5.41. The number of fused-ring (bicyclic) bond motifs is 1. The van der Waals surface area contributed by atoms with Crippen LogP contribution in [0.4, 0.5) is 5.69 Å². The van der Waals surface area contributed by atoms with Gasteiger partial charge in [-0.3, -0.25) is 14.9 Å². The maximum atomic E-state index is 12.5. The number of hydrogen-bond donors (Lipinski definition) is 1. The van der Waals surface area contributed by atoms with Gasteiger partial charge in [-0.2, -0.15) is 0 Å². The zero-order valence-electron chi connectivity index (χ0n) is 15.3. The number of aryl methyl sites for hydroxylation is 1. The second-order valence-corrected chi connectivity index (χ2v) is 6.89. The molecule has 0 bridgehead atoms. The zero-order valence-corrected chi connectivity index (χ0v) is 16.2. The molecule has 2 aromatic heterocycles. The Morgan fingerprint density at radius 2 is 2.11 bits per heavy atom. The SMILES string of the molecule is CCOC(=O)c1sc2nc([C@@H](C)Oc3ccccc3[N+](=O)[O-])[nH]c(=O)c2c1C. The van der Waals surface area contributed by atoms with E-state index in [4.69, 9.17) is 9.47 Å². The highest BCUT2D eigenvalue weighted by molar-refractivity contribution is 7.20. The standard InChI is InChI=1S/C18H17N3O6S/c1-4-26-18(23)14-9(2)13-16(22)19-15(20-17(13)28-14)10(3)27-12-8-6-5-7-11(12)21(24)25/h5-8,10H,4H2,1-3H3,(H,19,20,22)/t10-/m1/s1. The van der Waals surface area contributed by atoms with E-state index in [2.05, 4.69) is 9.97 Å². The van der Waals surface area contributed by atoms with Crippen LogP contribution in [-0.4, -0.2) is 27.5 Å². The van der Waals surface area contributed by atoms with Gasteiger partial charge in [-0.25, -0.2) is 9.78 Å². The van der Waals surface area contributed by atoms with Gasteiger partial charge in [0.15, 0.2) is 17.7 Å². The largest absolute Gasteiger partial charge is 0.476 e. The number of benzene rings is 1. The molecular formula is C18H17N3O6S. The van der Waals surface area contributed by atoms with Gasteiger partial charge >= 0.3 is 11.7 Å². The Balaban J connectivity index is 1.99. The van der Waals surface area contributed by atoms with Crippen molar-refractivity contribution in [1.29, 1.82) is 0 Å². The van der Waals surface area contributed by atoms with E-state index >= 15 is 0 Å². The van der Waals surface area contributed by atoms with Crippen molar-refractivity contribution in [2.45, 2.75) is 26.9 Å². The maximum Gasteiger partial charge on any atom is 0.348 e. The molecule has 0 aliphatic heterocycles. The first-order valence-electron chi connectivity index (χ1n) is 8.44. The van der Waals surface area contributed by atoms with Crippen molar-refractivity contribution in [3.8, 4) is 5.75 Å². The van der Waals surface area contributed by atoms with Gasteiger partial charge in [0.25, 0.3) is 5.56 Å². The number of nitro benzene ring substituents is 1. The van der Waals surface area contributed by atoms with E-state index in [1.54, 1.807) is 26.8 Å². The second kappa shape index (κ2) is 7.77. The third-order valence-corrected chi connectivity index (χ3v) is 5.20. The van der Waals surface area contributed by atoms with Crippen molar-refractivity contribution in [3.63, 3.8) is 0 Å². The van der Waals surface area contributed by atoms with E-state index in [1.165, 1.54) is 18.2 Å². The molecule has 3 rings (SSSR count). The first-order valence-corrected chi connectivity index (χ1v) is 9.25. The van der Waals surface area contributed by atoms with E-state index < -0.39 is 22.6 Å². The van der Waals surface area contributed by atoms with Crippen LogP contribution in [0.5, 0.6) is 5.75 Å². The van der Waals surface area contributed by atoms with E-state index in [9.17, 15) is 19.7 Å². The Morgan fingerprint density at radius 3 is 2.79 bits per heavy atom. The fourth-order valence-corrected chi connectivity index (χ4v) is 3.78. The number of aromatic nitrogens is 2. The Bertz CT molecular complexity index is 1120. The van der Waals surface area contributed by atoms with Gasteiger partial charge in [-0.15, -0.1) is 11.3 Å². The van der Waals surface area contributed by atoms with Gasteiger partial charge in [-0.05, 0) is 32.4 Å². The number of nitro groups is 1. The highest BCUT2D eigenvalue weighted by Gasteiger charge is 2.23. The molecule has 0 amide bonds. The quantitative estimate of drug-likeness (QED) is 0.379. The monoisotopic (exact) mass is 403 g/mol. The Hall–Kier alpha value is -3.27. The molecule has 146 valence electrons. The molecule has 1 aromatic carbocycles. The number of H-pyrrole nitrogens is 1. The smallest absolute Gasteiger partial charge is 0.348 e. The van der Waals surface area contributed by atoms with Crippen molar-refractivity contribution in [3.05, 3.63) is 61.0 Å². The van der Waals surface area contributed by atoms with Crippen LogP contribution in [0.3, 0.4) is 0 Å².